The van der Waals surface area contributed by atoms with Crippen LogP contribution in [0.2, 0.25) is 0 Å². The van der Waals surface area contributed by atoms with Crippen LogP contribution in [-0.2, 0) is 13.8 Å². The Bertz CT molecular complexity index is 1030. The van der Waals surface area contributed by atoms with E-state index in [1.165, 1.54) is 10.9 Å². The molecule has 3 heterocycles. The first-order valence-electron chi connectivity index (χ1n) is 9.76. The monoisotopic (exact) mass is 548 g/mol. The smallest absolute Gasteiger partial charge is 0.389 e. The van der Waals surface area contributed by atoms with Gasteiger partial charge in [0.2, 0.25) is 0 Å². The van der Waals surface area contributed by atoms with E-state index in [1.807, 2.05) is 6.26 Å². The molecule has 3 rings (SSSR count). The van der Waals surface area contributed by atoms with Crippen molar-refractivity contribution in [1.82, 2.24) is 19.5 Å². The molecule has 18 heteroatoms. The highest BCUT2D eigenvalue weighted by Gasteiger charge is 2.45. The van der Waals surface area contributed by atoms with Crippen molar-refractivity contribution in [2.75, 3.05) is 36.2 Å². The molecule has 0 bridgehead atoms. The van der Waals surface area contributed by atoms with Crippen molar-refractivity contribution in [1.29, 1.82) is 0 Å². The van der Waals surface area contributed by atoms with Gasteiger partial charge in [-0.25, -0.2) is 15.0 Å². The lowest BCUT2D eigenvalue weighted by molar-refractivity contribution is -0.222. The Kier molecular flexibility index (Phi) is 9.08. The Morgan fingerprint density at radius 3 is 2.71 bits per heavy atom. The number of ether oxygens (including phenoxy) is 1. The van der Waals surface area contributed by atoms with Crippen molar-refractivity contribution < 1.29 is 47.0 Å². The van der Waals surface area contributed by atoms with Crippen LogP contribution in [0.4, 0.5) is 19.0 Å². The van der Waals surface area contributed by atoms with E-state index in [1.54, 1.807) is 11.8 Å². The first kappa shape index (κ1) is 27.4. The average molecular weight is 548 g/mol. The summed E-state index contributed by atoms with van der Waals surface area (Å²) in [5.74, 6) is 0.674. The van der Waals surface area contributed by atoms with Gasteiger partial charge in [0.15, 0.2) is 28.4 Å². The summed E-state index contributed by atoms with van der Waals surface area (Å²) in [6, 6.07) is 0. The molecule has 192 valence electrons. The second-order valence-corrected chi connectivity index (χ2v) is 10.4. The van der Waals surface area contributed by atoms with Crippen LogP contribution >= 0.6 is 31.3 Å². The van der Waals surface area contributed by atoms with Crippen molar-refractivity contribution in [3.05, 3.63) is 6.33 Å². The summed E-state index contributed by atoms with van der Waals surface area (Å²) in [5, 5.41) is 23.8. The second-order valence-electron chi connectivity index (χ2n) is 7.12. The van der Waals surface area contributed by atoms with Crippen LogP contribution in [-0.4, -0.2) is 90.0 Å². The minimum Gasteiger partial charge on any atom is -0.756 e. The number of hydrogen-bond acceptors (Lipinski definition) is 12. The number of alkyl halides is 3. The number of nitrogens with one attached hydrogen (secondary N) is 1. The highest BCUT2D eigenvalue weighted by atomic mass is 32.2. The summed E-state index contributed by atoms with van der Waals surface area (Å²) >= 11 is 2.35. The molecule has 0 spiro atoms. The molecule has 4 N–H and O–H groups in total. The number of aliphatic hydroxyl groups is 2. The lowest BCUT2D eigenvalue weighted by Crippen LogP contribution is -2.34. The molecule has 2 aromatic heterocycles. The summed E-state index contributed by atoms with van der Waals surface area (Å²) in [7, 11) is -5.09. The lowest BCUT2D eigenvalue weighted by Gasteiger charge is -2.20. The molecule has 2 unspecified atom stereocenters. The number of anilines is 1. The number of thioether (sulfide) groups is 2. The van der Waals surface area contributed by atoms with Gasteiger partial charge in [-0.15, -0.1) is 0 Å². The molecule has 2 aromatic rings. The number of fused-ring (bicyclic) bond motifs is 1. The maximum Gasteiger partial charge on any atom is 0.389 e. The van der Waals surface area contributed by atoms with Gasteiger partial charge in [0, 0.05) is 18.1 Å². The van der Waals surface area contributed by atoms with E-state index in [4.69, 9.17) is 9.63 Å². The van der Waals surface area contributed by atoms with Gasteiger partial charge in [0.1, 0.15) is 18.3 Å². The molecule has 1 saturated heterocycles. The van der Waals surface area contributed by atoms with E-state index in [0.717, 1.165) is 17.5 Å². The Morgan fingerprint density at radius 1 is 1.32 bits per heavy atom. The number of imidazole rings is 1. The van der Waals surface area contributed by atoms with E-state index in [2.05, 4.69) is 24.8 Å². The highest BCUT2D eigenvalue weighted by molar-refractivity contribution is 7.99. The molecular formula is C16H22F3N5O7PS2-. The van der Waals surface area contributed by atoms with Gasteiger partial charge >= 0.3 is 6.18 Å². The summed E-state index contributed by atoms with van der Waals surface area (Å²) in [5.41, 5.74) is 0.372. The fourth-order valence-corrected chi connectivity index (χ4v) is 4.53. The van der Waals surface area contributed by atoms with Crippen LogP contribution in [0.15, 0.2) is 11.5 Å². The van der Waals surface area contributed by atoms with Gasteiger partial charge in [-0.05, 0) is 6.26 Å². The van der Waals surface area contributed by atoms with Crippen molar-refractivity contribution in [3.8, 4) is 0 Å². The Hall–Kier alpha value is -1.17. The average Bonchev–Trinajstić information content (AvgIpc) is 3.27. The van der Waals surface area contributed by atoms with Crippen molar-refractivity contribution in [3.63, 3.8) is 0 Å². The minimum absolute atomic E-state index is 0.0330. The van der Waals surface area contributed by atoms with E-state index in [-0.39, 0.29) is 27.9 Å². The Morgan fingerprint density at radius 2 is 2.06 bits per heavy atom. The molecule has 1 aliphatic rings. The molecule has 34 heavy (non-hydrogen) atoms. The normalized spacial score (nSPS) is 25.1. The van der Waals surface area contributed by atoms with E-state index < -0.39 is 51.6 Å². The third kappa shape index (κ3) is 7.18. The Balaban J connectivity index is 1.89. The maximum absolute atomic E-state index is 12.6. The summed E-state index contributed by atoms with van der Waals surface area (Å²) in [4.78, 5) is 32.3. The quantitative estimate of drug-likeness (QED) is 0.134. The number of phosphoric acid groups is 1. The van der Waals surface area contributed by atoms with E-state index >= 15 is 0 Å². The zero-order valence-corrected chi connectivity index (χ0v) is 20.1. The van der Waals surface area contributed by atoms with Crippen LogP contribution in [0.25, 0.3) is 11.2 Å². The number of hydrogen-bond donors (Lipinski definition) is 4. The van der Waals surface area contributed by atoms with Gasteiger partial charge in [-0.2, -0.15) is 24.9 Å². The molecule has 0 radical (unpaired) electrons. The van der Waals surface area contributed by atoms with Crippen molar-refractivity contribution in [2.24, 2.45) is 0 Å². The van der Waals surface area contributed by atoms with Crippen LogP contribution in [0.5, 0.6) is 0 Å². The zero-order valence-electron chi connectivity index (χ0n) is 17.6. The predicted molar refractivity (Wildman–Crippen MR) is 115 cm³/mol. The fraction of sp³-hybridized carbons (Fsp3) is 0.688. The van der Waals surface area contributed by atoms with Gasteiger partial charge in [-0.3, -0.25) is 9.13 Å². The van der Waals surface area contributed by atoms with Gasteiger partial charge in [0.25, 0.3) is 7.82 Å². The first-order valence-corrected chi connectivity index (χ1v) is 13.6. The van der Waals surface area contributed by atoms with Gasteiger partial charge in [0.05, 0.1) is 19.4 Å². The number of aliphatic hydroxyl groups excluding tert-OH is 2. The number of halogens is 3. The molecule has 12 nitrogen and oxygen atoms in total. The van der Waals surface area contributed by atoms with Crippen LogP contribution in [0.1, 0.15) is 12.6 Å². The van der Waals surface area contributed by atoms with E-state index in [0.29, 0.717) is 6.54 Å². The Labute approximate surface area is 199 Å². The SMILES string of the molecule is CSCCNc1nc(SCCC(F)(F)F)nc2c1ncn2[C@@H]1OC(COP(=O)([O-])O)[C@@H](O)[C@H]1O. The molecule has 5 atom stereocenters. The molecular weight excluding hydrogens is 526 g/mol. The minimum atomic E-state index is -5.09. The number of aromatic nitrogens is 4. The second kappa shape index (κ2) is 11.3. The molecule has 1 fully saturated rings. The van der Waals surface area contributed by atoms with Gasteiger partial charge in [-0.1, -0.05) is 11.8 Å². The molecule has 0 aromatic carbocycles. The number of rotatable bonds is 11. The summed E-state index contributed by atoms with van der Waals surface area (Å²) < 4.78 is 59.5. The summed E-state index contributed by atoms with van der Waals surface area (Å²) in [6.07, 6.45) is -7.95. The van der Waals surface area contributed by atoms with Crippen LogP contribution in [0, 0.1) is 0 Å². The van der Waals surface area contributed by atoms with E-state index in [9.17, 15) is 32.8 Å². The summed E-state index contributed by atoms with van der Waals surface area (Å²) in [6.45, 7) is -0.266. The van der Waals surface area contributed by atoms with Crippen molar-refractivity contribution >= 4 is 48.3 Å². The lowest BCUT2D eigenvalue weighted by atomic mass is 10.1. The molecule has 0 aliphatic carbocycles. The topological polar surface area (TPSA) is 175 Å². The van der Waals surface area contributed by atoms with Crippen LogP contribution in [0.3, 0.4) is 0 Å². The standard InChI is InChI=1S/C16H23F3N5O7PS2/c1-33-5-3-20-12-9-13(23-15(22-12)34-4-2-16(17,18)19)24(7-21-9)14-11(26)10(25)8(31-14)6-30-32(27,28)29/h7-8,10-11,14,25-26H,2-6H2,1H3,(H,20,22,23)(H2,27,28,29)/p-1/t8?,10-,11-,14-/m1/s1. The number of phosphoric ester groups is 1. The van der Waals surface area contributed by atoms with Crippen molar-refractivity contribution in [2.45, 2.75) is 42.3 Å². The molecule has 0 saturated carbocycles. The molecule has 1 aliphatic heterocycles. The predicted octanol–water partition coefficient (Wildman–Crippen LogP) is 0.742. The maximum atomic E-state index is 12.6. The molecule has 0 amide bonds. The fourth-order valence-electron chi connectivity index (χ4n) is 3.06. The highest BCUT2D eigenvalue weighted by Crippen LogP contribution is 2.37. The first-order chi connectivity index (χ1) is 15.9. The number of nitrogens with zero attached hydrogens (tertiary/aromatic N) is 4. The van der Waals surface area contributed by atoms with Crippen LogP contribution < -0.4 is 10.2 Å². The largest absolute Gasteiger partial charge is 0.756 e. The van der Waals surface area contributed by atoms with Gasteiger partial charge < -0.3 is 34.6 Å². The third-order valence-electron chi connectivity index (χ3n) is 4.63. The zero-order chi connectivity index (χ0) is 25.1. The third-order valence-corrected chi connectivity index (χ3v) is 6.57.